The van der Waals surface area contributed by atoms with E-state index < -0.39 is 0 Å². The number of aromatic nitrogens is 1. The molecule has 8 heteroatoms. The van der Waals surface area contributed by atoms with E-state index >= 15 is 0 Å². The molecule has 1 aromatic carbocycles. The number of rotatable bonds is 4. The quantitative estimate of drug-likeness (QED) is 0.681. The predicted octanol–water partition coefficient (Wildman–Crippen LogP) is 2.30. The van der Waals surface area contributed by atoms with Gasteiger partial charge in [0, 0.05) is 6.20 Å². The van der Waals surface area contributed by atoms with Crippen LogP contribution >= 0.6 is 11.8 Å². The molecule has 2 aromatic rings. The highest BCUT2D eigenvalue weighted by Crippen LogP contribution is 2.22. The maximum absolute atomic E-state index is 11.0. The van der Waals surface area contributed by atoms with Crippen LogP contribution in [0.15, 0.2) is 52.8 Å². The van der Waals surface area contributed by atoms with Gasteiger partial charge < -0.3 is 10.1 Å². The normalized spacial score (nSPS) is 15.5. The first kappa shape index (κ1) is 15.7. The molecule has 1 aliphatic rings. The van der Waals surface area contributed by atoms with Gasteiger partial charge in [-0.05, 0) is 42.0 Å². The summed E-state index contributed by atoms with van der Waals surface area (Å²) in [5, 5.41) is 20.0. The smallest absolute Gasteiger partial charge is 0.237 e. The number of benzene rings is 1. The fourth-order valence-corrected chi connectivity index (χ4v) is 2.45. The lowest BCUT2D eigenvalue weighted by atomic mass is 10.2. The van der Waals surface area contributed by atoms with E-state index in [4.69, 9.17) is 10.00 Å². The van der Waals surface area contributed by atoms with Crippen LogP contribution in [-0.4, -0.2) is 28.0 Å². The van der Waals surface area contributed by atoms with E-state index in [1.807, 2.05) is 6.07 Å². The summed E-state index contributed by atoms with van der Waals surface area (Å²) in [5.41, 5.74) is 1.19. The van der Waals surface area contributed by atoms with Gasteiger partial charge in [0.15, 0.2) is 5.17 Å². The van der Waals surface area contributed by atoms with Crippen molar-refractivity contribution < 1.29 is 9.53 Å². The second kappa shape index (κ2) is 7.39. The number of hydrogen-bond acceptors (Lipinski definition) is 7. The van der Waals surface area contributed by atoms with Gasteiger partial charge >= 0.3 is 0 Å². The third-order valence-corrected chi connectivity index (χ3v) is 3.79. The summed E-state index contributed by atoms with van der Waals surface area (Å²) >= 11 is 1.32. The Kier molecular flexibility index (Phi) is 4.84. The molecule has 1 saturated heterocycles. The fraction of sp³-hybridized carbons (Fsp3) is 0.0625. The largest absolute Gasteiger partial charge is 0.438 e. The molecule has 0 unspecified atom stereocenters. The van der Waals surface area contributed by atoms with Crippen molar-refractivity contribution in [3.63, 3.8) is 0 Å². The summed E-state index contributed by atoms with van der Waals surface area (Å²) < 4.78 is 5.60. The van der Waals surface area contributed by atoms with Crippen LogP contribution in [0.4, 0.5) is 0 Å². The zero-order valence-electron chi connectivity index (χ0n) is 12.3. The maximum Gasteiger partial charge on any atom is 0.237 e. The molecular weight excluding hydrogens is 326 g/mol. The molecule has 3 rings (SSSR count). The number of amidine groups is 1. The van der Waals surface area contributed by atoms with Gasteiger partial charge in [-0.15, -0.1) is 5.10 Å². The van der Waals surface area contributed by atoms with Crippen LogP contribution in [0.5, 0.6) is 11.6 Å². The molecule has 1 amide bonds. The Balaban J connectivity index is 1.65. The molecule has 0 atom stereocenters. The Morgan fingerprint density at radius 3 is 2.88 bits per heavy atom. The Labute approximate surface area is 142 Å². The lowest BCUT2D eigenvalue weighted by molar-refractivity contribution is -0.116. The average Bonchev–Trinajstić information content (AvgIpc) is 3.02. The molecule has 2 heterocycles. The molecule has 0 spiro atoms. The second-order valence-electron chi connectivity index (χ2n) is 4.63. The van der Waals surface area contributed by atoms with Gasteiger partial charge in [-0.25, -0.2) is 4.98 Å². The van der Waals surface area contributed by atoms with Crippen molar-refractivity contribution in [3.8, 4) is 17.7 Å². The number of carbonyl (C=O) groups is 1. The number of ether oxygens (including phenoxy) is 1. The van der Waals surface area contributed by atoms with Crippen LogP contribution in [0, 0.1) is 11.3 Å². The van der Waals surface area contributed by atoms with Crippen LogP contribution in [0.3, 0.4) is 0 Å². The summed E-state index contributed by atoms with van der Waals surface area (Å²) in [6, 6.07) is 12.4. The standard InChI is InChI=1S/C16H11N5O2S/c17-8-12-2-1-7-18-15(12)23-13-5-3-11(4-6-13)9-19-21-16-20-14(22)10-24-16/h1-7,9H,10H2,(H,20,21,22). The number of thioether (sulfide) groups is 1. The predicted molar refractivity (Wildman–Crippen MR) is 91.1 cm³/mol. The van der Waals surface area contributed by atoms with E-state index in [0.29, 0.717) is 22.2 Å². The van der Waals surface area contributed by atoms with E-state index in [0.717, 1.165) is 5.56 Å². The van der Waals surface area contributed by atoms with Crippen molar-refractivity contribution in [3.05, 3.63) is 53.7 Å². The van der Waals surface area contributed by atoms with Crippen LogP contribution in [0.2, 0.25) is 0 Å². The van der Waals surface area contributed by atoms with Gasteiger partial charge in [0.25, 0.3) is 0 Å². The summed E-state index contributed by atoms with van der Waals surface area (Å²) in [6.45, 7) is 0. The van der Waals surface area contributed by atoms with Gasteiger partial charge in [0.1, 0.15) is 17.4 Å². The van der Waals surface area contributed by atoms with Crippen LogP contribution < -0.4 is 10.1 Å². The highest BCUT2D eigenvalue weighted by atomic mass is 32.2. The van der Waals surface area contributed by atoms with Gasteiger partial charge in [-0.1, -0.05) is 11.8 Å². The minimum atomic E-state index is -0.0679. The lowest BCUT2D eigenvalue weighted by Crippen LogP contribution is -2.19. The fourth-order valence-electron chi connectivity index (χ4n) is 1.82. The Hall–Kier alpha value is -3.18. The summed E-state index contributed by atoms with van der Waals surface area (Å²) in [4.78, 5) is 15.1. The molecule has 1 fully saturated rings. The van der Waals surface area contributed by atoms with Crippen molar-refractivity contribution in [1.82, 2.24) is 10.3 Å². The minimum absolute atomic E-state index is 0.0679. The number of hydrogen-bond donors (Lipinski definition) is 1. The summed E-state index contributed by atoms with van der Waals surface area (Å²) in [7, 11) is 0. The van der Waals surface area contributed by atoms with E-state index in [9.17, 15) is 4.79 Å². The van der Waals surface area contributed by atoms with Crippen molar-refractivity contribution in [2.75, 3.05) is 5.75 Å². The Bertz CT molecular complexity index is 856. The molecule has 1 N–H and O–H groups in total. The first-order valence-corrected chi connectivity index (χ1v) is 7.90. The van der Waals surface area contributed by atoms with E-state index in [2.05, 4.69) is 20.5 Å². The summed E-state index contributed by atoms with van der Waals surface area (Å²) in [5.74, 6) is 1.13. The molecule has 24 heavy (non-hydrogen) atoms. The molecule has 0 radical (unpaired) electrons. The number of nitriles is 1. The second-order valence-corrected chi connectivity index (χ2v) is 5.59. The highest BCUT2D eigenvalue weighted by Gasteiger charge is 2.15. The van der Waals surface area contributed by atoms with Crippen molar-refractivity contribution in [2.45, 2.75) is 0 Å². The van der Waals surface area contributed by atoms with Crippen LogP contribution in [0.1, 0.15) is 11.1 Å². The zero-order chi connectivity index (χ0) is 16.8. The van der Waals surface area contributed by atoms with Crippen LogP contribution in [0.25, 0.3) is 0 Å². The third-order valence-electron chi connectivity index (χ3n) is 2.93. The van der Waals surface area contributed by atoms with Crippen molar-refractivity contribution >= 4 is 29.1 Å². The molecule has 0 aliphatic carbocycles. The van der Waals surface area contributed by atoms with E-state index in [1.54, 1.807) is 48.8 Å². The first-order chi connectivity index (χ1) is 11.7. The SMILES string of the molecule is N#Cc1cccnc1Oc1ccc(C=NN=C2NC(=O)CS2)cc1. The zero-order valence-corrected chi connectivity index (χ0v) is 13.2. The molecule has 0 saturated carbocycles. The minimum Gasteiger partial charge on any atom is -0.438 e. The molecule has 7 nitrogen and oxygen atoms in total. The highest BCUT2D eigenvalue weighted by molar-refractivity contribution is 8.15. The third kappa shape index (κ3) is 3.97. The number of carbonyl (C=O) groups excluding carboxylic acids is 1. The molecular formula is C16H11N5O2S. The average molecular weight is 337 g/mol. The van der Waals surface area contributed by atoms with Gasteiger partial charge in [-0.3, -0.25) is 4.79 Å². The van der Waals surface area contributed by atoms with Crippen molar-refractivity contribution in [2.24, 2.45) is 10.2 Å². The first-order valence-electron chi connectivity index (χ1n) is 6.91. The van der Waals surface area contributed by atoms with Crippen LogP contribution in [-0.2, 0) is 4.79 Å². The maximum atomic E-state index is 11.0. The van der Waals surface area contributed by atoms with E-state index in [1.165, 1.54) is 11.8 Å². The number of pyridine rings is 1. The van der Waals surface area contributed by atoms with Gasteiger partial charge in [0.05, 0.1) is 12.0 Å². The monoisotopic (exact) mass is 337 g/mol. The Morgan fingerprint density at radius 1 is 1.33 bits per heavy atom. The number of amides is 1. The van der Waals surface area contributed by atoms with Gasteiger partial charge in [-0.2, -0.15) is 10.4 Å². The topological polar surface area (TPSA) is 99.7 Å². The molecule has 0 bridgehead atoms. The number of nitrogens with zero attached hydrogens (tertiary/aromatic N) is 4. The van der Waals surface area contributed by atoms with Crippen molar-refractivity contribution in [1.29, 1.82) is 5.26 Å². The number of nitrogens with one attached hydrogen (secondary N) is 1. The van der Waals surface area contributed by atoms with Gasteiger partial charge in [0.2, 0.25) is 11.8 Å². The Morgan fingerprint density at radius 2 is 2.17 bits per heavy atom. The van der Waals surface area contributed by atoms with E-state index in [-0.39, 0.29) is 11.8 Å². The molecule has 1 aromatic heterocycles. The lowest BCUT2D eigenvalue weighted by Gasteiger charge is -2.05. The molecule has 1 aliphatic heterocycles. The summed E-state index contributed by atoms with van der Waals surface area (Å²) in [6.07, 6.45) is 3.14. The molecule has 118 valence electrons.